The summed E-state index contributed by atoms with van der Waals surface area (Å²) in [5, 5.41) is 7.89. The van der Waals surface area contributed by atoms with E-state index in [0.717, 1.165) is 13.8 Å². The molecular formula is C6H9F3O2. The Morgan fingerprint density at radius 1 is 1.36 bits per heavy atom. The van der Waals surface area contributed by atoms with Gasteiger partial charge < -0.3 is 5.11 Å². The normalized spacial score (nSPS) is 13.2. The third-order valence-corrected chi connectivity index (χ3v) is 0.955. The Labute approximate surface area is 62.0 Å². The van der Waals surface area contributed by atoms with Crippen LogP contribution >= 0.6 is 0 Å². The Morgan fingerprint density at radius 3 is 1.82 bits per heavy atom. The van der Waals surface area contributed by atoms with Crippen LogP contribution in [0, 0.1) is 0 Å². The van der Waals surface area contributed by atoms with E-state index in [9.17, 15) is 18.0 Å². The summed E-state index contributed by atoms with van der Waals surface area (Å²) >= 11 is 0. The Balaban J connectivity index is 4.25. The number of halogens is 3. The fraction of sp³-hybridized carbons (Fsp3) is 0.833. The zero-order valence-corrected chi connectivity index (χ0v) is 6.20. The second kappa shape index (κ2) is 2.71. The van der Waals surface area contributed by atoms with Gasteiger partial charge in [0.05, 0.1) is 6.42 Å². The SMILES string of the molecule is CC(C)(F)CC(F)(F)C(=O)O. The molecule has 0 spiro atoms. The molecule has 0 saturated heterocycles. The summed E-state index contributed by atoms with van der Waals surface area (Å²) in [6.07, 6.45) is -1.30. The molecule has 0 fully saturated rings. The van der Waals surface area contributed by atoms with Gasteiger partial charge in [-0.3, -0.25) is 0 Å². The molecule has 0 radical (unpaired) electrons. The van der Waals surface area contributed by atoms with Gasteiger partial charge in [0.15, 0.2) is 0 Å². The van der Waals surface area contributed by atoms with E-state index in [-0.39, 0.29) is 0 Å². The van der Waals surface area contributed by atoms with Crippen molar-refractivity contribution in [2.45, 2.75) is 31.9 Å². The number of aliphatic carboxylic acids is 1. The molecule has 0 aliphatic rings. The summed E-state index contributed by atoms with van der Waals surface area (Å²) in [7, 11) is 0. The molecule has 5 heteroatoms. The van der Waals surface area contributed by atoms with Crippen LogP contribution in [-0.4, -0.2) is 22.7 Å². The summed E-state index contributed by atoms with van der Waals surface area (Å²) in [5.41, 5.74) is -2.16. The van der Waals surface area contributed by atoms with Crippen molar-refractivity contribution in [1.82, 2.24) is 0 Å². The number of hydrogen-bond acceptors (Lipinski definition) is 1. The predicted molar refractivity (Wildman–Crippen MR) is 32.4 cm³/mol. The maximum absolute atomic E-state index is 12.5. The minimum atomic E-state index is -3.97. The molecule has 0 aliphatic heterocycles. The highest BCUT2D eigenvalue weighted by Gasteiger charge is 2.44. The van der Waals surface area contributed by atoms with Crippen LogP contribution < -0.4 is 0 Å². The largest absolute Gasteiger partial charge is 0.477 e. The number of carbonyl (C=O) groups is 1. The summed E-state index contributed by atoms with van der Waals surface area (Å²) in [6, 6.07) is 0. The van der Waals surface area contributed by atoms with Crippen molar-refractivity contribution in [2.75, 3.05) is 0 Å². The van der Waals surface area contributed by atoms with Crippen molar-refractivity contribution in [1.29, 1.82) is 0 Å². The zero-order valence-electron chi connectivity index (χ0n) is 6.20. The molecular weight excluding hydrogens is 161 g/mol. The lowest BCUT2D eigenvalue weighted by molar-refractivity contribution is -0.169. The molecule has 0 aromatic heterocycles. The number of hydrogen-bond donors (Lipinski definition) is 1. The Hall–Kier alpha value is -0.740. The van der Waals surface area contributed by atoms with Crippen LogP contribution in [0.2, 0.25) is 0 Å². The first-order valence-electron chi connectivity index (χ1n) is 2.95. The second-order valence-electron chi connectivity index (χ2n) is 2.91. The highest BCUT2D eigenvalue weighted by atomic mass is 19.3. The average Bonchev–Trinajstić information content (AvgIpc) is 1.56. The highest BCUT2D eigenvalue weighted by Crippen LogP contribution is 2.28. The van der Waals surface area contributed by atoms with Crippen molar-refractivity contribution in [3.8, 4) is 0 Å². The zero-order chi connectivity index (χ0) is 9.28. The average molecular weight is 170 g/mol. The molecule has 11 heavy (non-hydrogen) atoms. The van der Waals surface area contributed by atoms with E-state index in [1.807, 2.05) is 0 Å². The molecule has 66 valence electrons. The second-order valence-corrected chi connectivity index (χ2v) is 2.91. The minimum Gasteiger partial charge on any atom is -0.477 e. The molecule has 0 heterocycles. The summed E-state index contributed by atoms with van der Waals surface area (Å²) in [4.78, 5) is 9.78. The lowest BCUT2D eigenvalue weighted by atomic mass is 10.0. The maximum atomic E-state index is 12.5. The summed E-state index contributed by atoms with van der Waals surface area (Å²) in [5.74, 6) is -6.26. The lowest BCUT2D eigenvalue weighted by Crippen LogP contribution is -2.35. The van der Waals surface area contributed by atoms with Gasteiger partial charge in [-0.05, 0) is 13.8 Å². The molecule has 0 atom stereocenters. The standard InChI is InChI=1S/C6H9F3O2/c1-5(2,7)3-6(8,9)4(10)11/h3H2,1-2H3,(H,10,11). The first kappa shape index (κ1) is 10.3. The van der Waals surface area contributed by atoms with Crippen molar-refractivity contribution in [2.24, 2.45) is 0 Å². The van der Waals surface area contributed by atoms with Gasteiger partial charge in [-0.25, -0.2) is 9.18 Å². The topological polar surface area (TPSA) is 37.3 Å². The Bertz CT molecular complexity index is 160. The molecule has 2 nitrogen and oxygen atoms in total. The van der Waals surface area contributed by atoms with E-state index in [2.05, 4.69) is 0 Å². The van der Waals surface area contributed by atoms with E-state index < -0.39 is 24.0 Å². The molecule has 0 aliphatic carbocycles. The van der Waals surface area contributed by atoms with Gasteiger partial charge in [-0.2, -0.15) is 8.78 Å². The van der Waals surface area contributed by atoms with E-state index in [1.165, 1.54) is 0 Å². The van der Waals surface area contributed by atoms with Crippen LogP contribution in [0.15, 0.2) is 0 Å². The van der Waals surface area contributed by atoms with Gasteiger partial charge in [0.2, 0.25) is 0 Å². The van der Waals surface area contributed by atoms with Crippen LogP contribution in [0.25, 0.3) is 0 Å². The molecule has 1 N–H and O–H groups in total. The van der Waals surface area contributed by atoms with Gasteiger partial charge >= 0.3 is 11.9 Å². The van der Waals surface area contributed by atoms with Crippen molar-refractivity contribution >= 4 is 5.97 Å². The molecule has 0 unspecified atom stereocenters. The quantitative estimate of drug-likeness (QED) is 0.701. The van der Waals surface area contributed by atoms with Gasteiger partial charge in [-0.15, -0.1) is 0 Å². The summed E-state index contributed by atoms with van der Waals surface area (Å²) < 4.78 is 36.9. The van der Waals surface area contributed by atoms with E-state index in [0.29, 0.717) is 0 Å². The van der Waals surface area contributed by atoms with Crippen molar-refractivity contribution in [3.63, 3.8) is 0 Å². The Morgan fingerprint density at radius 2 is 1.73 bits per heavy atom. The smallest absolute Gasteiger partial charge is 0.374 e. The number of alkyl halides is 3. The fourth-order valence-electron chi connectivity index (χ4n) is 0.604. The first-order chi connectivity index (χ1) is 4.65. The van der Waals surface area contributed by atoms with Crippen LogP contribution in [0.4, 0.5) is 13.2 Å². The molecule has 0 amide bonds. The molecule has 0 bridgehead atoms. The minimum absolute atomic E-state index is 0.907. The van der Waals surface area contributed by atoms with Crippen LogP contribution in [0.3, 0.4) is 0 Å². The third-order valence-electron chi connectivity index (χ3n) is 0.955. The molecule has 0 aromatic rings. The monoisotopic (exact) mass is 170 g/mol. The van der Waals surface area contributed by atoms with Crippen LogP contribution in [-0.2, 0) is 4.79 Å². The van der Waals surface area contributed by atoms with Gasteiger partial charge in [0, 0.05) is 0 Å². The number of carboxylic acids is 1. The van der Waals surface area contributed by atoms with Crippen molar-refractivity contribution < 1.29 is 23.1 Å². The van der Waals surface area contributed by atoms with Crippen LogP contribution in [0.1, 0.15) is 20.3 Å². The molecule has 0 aromatic carbocycles. The Kier molecular flexibility index (Phi) is 2.53. The van der Waals surface area contributed by atoms with Crippen LogP contribution in [0.5, 0.6) is 0 Å². The molecule has 0 saturated carbocycles. The van der Waals surface area contributed by atoms with E-state index in [4.69, 9.17) is 5.11 Å². The highest BCUT2D eigenvalue weighted by molar-refractivity contribution is 5.75. The number of carboxylic acid groups (broad SMARTS) is 1. The van der Waals surface area contributed by atoms with Gasteiger partial charge in [0.1, 0.15) is 5.67 Å². The lowest BCUT2D eigenvalue weighted by Gasteiger charge is -2.18. The van der Waals surface area contributed by atoms with E-state index in [1.54, 1.807) is 0 Å². The van der Waals surface area contributed by atoms with Crippen molar-refractivity contribution in [3.05, 3.63) is 0 Å². The maximum Gasteiger partial charge on any atom is 0.374 e. The summed E-state index contributed by atoms with van der Waals surface area (Å²) in [6.45, 7) is 1.81. The predicted octanol–water partition coefficient (Wildman–Crippen LogP) is 1.84. The van der Waals surface area contributed by atoms with E-state index >= 15 is 0 Å². The molecule has 0 rings (SSSR count). The fourth-order valence-corrected chi connectivity index (χ4v) is 0.604. The number of rotatable bonds is 3. The third kappa shape index (κ3) is 3.85. The van der Waals surface area contributed by atoms with Gasteiger partial charge in [-0.1, -0.05) is 0 Å². The first-order valence-corrected chi connectivity index (χ1v) is 2.95. The van der Waals surface area contributed by atoms with Gasteiger partial charge in [0.25, 0.3) is 0 Å².